The minimum atomic E-state index is -1.53. The van der Waals surface area contributed by atoms with Gasteiger partial charge in [-0.1, -0.05) is 6.08 Å². The molecule has 13 nitrogen and oxygen atoms in total. The lowest BCUT2D eigenvalue weighted by Crippen LogP contribution is -2.44. The van der Waals surface area contributed by atoms with Crippen molar-refractivity contribution in [3.63, 3.8) is 0 Å². The number of methoxy groups -OCH3 is 1. The van der Waals surface area contributed by atoms with Crippen LogP contribution in [-0.2, 0) is 20.9 Å². The number of hydrogen-bond acceptors (Lipinski definition) is 7. The lowest BCUT2D eigenvalue weighted by Gasteiger charge is -2.17. The monoisotopic (exact) mass is 560 g/mol. The van der Waals surface area contributed by atoms with Gasteiger partial charge in [-0.15, -0.1) is 0 Å². The Morgan fingerprint density at radius 2 is 1.90 bits per heavy atom. The Morgan fingerprint density at radius 1 is 1.20 bits per heavy atom. The Labute approximate surface area is 225 Å². The Hall–Kier alpha value is -5.08. The van der Waals surface area contributed by atoms with Gasteiger partial charge in [0.2, 0.25) is 11.8 Å². The molecule has 15 heteroatoms. The molecule has 2 aromatic heterocycles. The van der Waals surface area contributed by atoms with E-state index in [4.69, 9.17) is 0 Å². The molecular weight excluding hydrogens is 534 g/mol. The van der Waals surface area contributed by atoms with Gasteiger partial charge in [-0.2, -0.15) is 0 Å². The van der Waals surface area contributed by atoms with E-state index in [9.17, 15) is 37.9 Å². The van der Waals surface area contributed by atoms with Gasteiger partial charge in [-0.3, -0.25) is 14.4 Å². The Kier molecular flexibility index (Phi) is 9.32. The maximum atomic E-state index is 13.7. The summed E-state index contributed by atoms with van der Waals surface area (Å²) in [4.78, 5) is 66.7. The van der Waals surface area contributed by atoms with Gasteiger partial charge < -0.3 is 29.9 Å². The second-order valence-corrected chi connectivity index (χ2v) is 8.65. The Balaban J connectivity index is 1.84. The number of likely N-dealkylation sites (N-methyl/N-ethyl adjacent to an activating group) is 1. The number of halogens is 2. The van der Waals surface area contributed by atoms with Gasteiger partial charge in [0.1, 0.15) is 17.6 Å². The molecule has 3 N–H and O–H groups in total. The molecule has 0 aliphatic heterocycles. The third-order valence-electron chi connectivity index (χ3n) is 5.66. The molecule has 1 unspecified atom stereocenters. The molecule has 1 atom stereocenters. The number of fused-ring (bicyclic) bond motifs is 1. The third-order valence-corrected chi connectivity index (χ3v) is 5.66. The number of nitrogens with one attached hydrogen (secondary N) is 2. The first-order chi connectivity index (χ1) is 18.9. The van der Waals surface area contributed by atoms with Crippen LogP contribution in [0.5, 0.6) is 0 Å². The van der Waals surface area contributed by atoms with Crippen molar-refractivity contribution in [2.75, 3.05) is 26.5 Å². The summed E-state index contributed by atoms with van der Waals surface area (Å²) in [5.41, 5.74) is -1.29. The molecule has 1 aromatic carbocycles. The van der Waals surface area contributed by atoms with Gasteiger partial charge in [0, 0.05) is 32.4 Å². The second kappa shape index (κ2) is 12.6. The number of anilines is 1. The van der Waals surface area contributed by atoms with Crippen LogP contribution in [0.1, 0.15) is 18.7 Å². The van der Waals surface area contributed by atoms with Gasteiger partial charge in [-0.05, 0) is 31.1 Å². The number of allylic oxidation sites excluding steroid dienone is 1. The second-order valence-electron chi connectivity index (χ2n) is 8.65. The molecule has 3 rings (SSSR count). The van der Waals surface area contributed by atoms with Crippen LogP contribution in [0.15, 0.2) is 47.4 Å². The number of hydrogen-bond donors (Lipinski definition) is 3. The van der Waals surface area contributed by atoms with Crippen LogP contribution in [0.25, 0.3) is 11.0 Å². The summed E-state index contributed by atoms with van der Waals surface area (Å²) in [5.74, 6) is -3.71. The summed E-state index contributed by atoms with van der Waals surface area (Å²) in [6.45, 7) is -0.415. The van der Waals surface area contributed by atoms with Crippen molar-refractivity contribution < 1.29 is 37.8 Å². The van der Waals surface area contributed by atoms with Crippen molar-refractivity contribution in [3.8, 4) is 0 Å². The van der Waals surface area contributed by atoms with Crippen LogP contribution in [0.3, 0.4) is 0 Å². The van der Waals surface area contributed by atoms with Crippen molar-refractivity contribution in [1.29, 1.82) is 0 Å². The highest BCUT2D eigenvalue weighted by Gasteiger charge is 2.23. The lowest BCUT2D eigenvalue weighted by molar-refractivity contribution is -0.123. The fourth-order valence-corrected chi connectivity index (χ4v) is 3.64. The number of nitrogens with zero attached hydrogens (tertiary/aromatic N) is 4. The summed E-state index contributed by atoms with van der Waals surface area (Å²) >= 11 is 0. The van der Waals surface area contributed by atoms with Crippen molar-refractivity contribution >= 4 is 40.7 Å². The Morgan fingerprint density at radius 3 is 2.55 bits per heavy atom. The van der Waals surface area contributed by atoms with Gasteiger partial charge in [0.05, 0.1) is 24.7 Å². The zero-order valence-corrected chi connectivity index (χ0v) is 21.7. The van der Waals surface area contributed by atoms with E-state index in [-0.39, 0.29) is 41.3 Å². The predicted octanol–water partition coefficient (Wildman–Crippen LogP) is 2.14. The first-order valence-electron chi connectivity index (χ1n) is 11.7. The molecule has 0 aliphatic carbocycles. The standard InChI is InChI=1S/C25H26F2N6O7/c1-31(2)21(34)9-5-4-7-16(30-24(37)40-3)22(35)29-17-8-6-10-32(23(17)36)13-20-28-18-11-14(26)15(27)12-19(18)33(20)25(38)39/h5-6,8-12,16H,4,7,13H2,1-3H3,(H,29,35)(H,30,37)(H,38,39)/b9-5+. The third kappa shape index (κ3) is 6.86. The number of aromatic nitrogens is 3. The summed E-state index contributed by atoms with van der Waals surface area (Å²) in [6.07, 6.45) is 2.03. The van der Waals surface area contributed by atoms with Crippen LogP contribution >= 0.6 is 0 Å². The Bertz CT molecular complexity index is 1550. The number of ether oxygens (including phenoxy) is 1. The highest BCUT2D eigenvalue weighted by atomic mass is 19.2. The van der Waals surface area contributed by atoms with Gasteiger partial charge >= 0.3 is 12.2 Å². The zero-order valence-electron chi connectivity index (χ0n) is 21.7. The first-order valence-corrected chi connectivity index (χ1v) is 11.7. The number of benzene rings is 1. The zero-order chi connectivity index (χ0) is 29.6. The molecule has 0 radical (unpaired) electrons. The number of alkyl carbamates (subject to hydrolysis) is 1. The van der Waals surface area contributed by atoms with Crippen molar-refractivity contribution in [2.24, 2.45) is 0 Å². The first kappa shape index (κ1) is 29.5. The molecule has 2 heterocycles. The van der Waals surface area contributed by atoms with E-state index in [1.807, 2.05) is 0 Å². The number of rotatable bonds is 9. The van der Waals surface area contributed by atoms with Crippen LogP contribution in [0.2, 0.25) is 0 Å². The maximum Gasteiger partial charge on any atom is 0.417 e. The number of amides is 3. The van der Waals surface area contributed by atoms with Gasteiger partial charge in [0.15, 0.2) is 11.6 Å². The molecule has 212 valence electrons. The molecule has 0 spiro atoms. The van der Waals surface area contributed by atoms with E-state index >= 15 is 0 Å². The fourth-order valence-electron chi connectivity index (χ4n) is 3.64. The van der Waals surface area contributed by atoms with E-state index in [2.05, 4.69) is 20.4 Å². The van der Waals surface area contributed by atoms with E-state index < -0.39 is 47.9 Å². The van der Waals surface area contributed by atoms with Crippen molar-refractivity contribution in [2.45, 2.75) is 25.4 Å². The van der Waals surface area contributed by atoms with Gasteiger partial charge in [-0.25, -0.2) is 27.9 Å². The molecule has 0 bridgehead atoms. The largest absolute Gasteiger partial charge is 0.464 e. The molecule has 3 aromatic rings. The number of carbonyl (C=O) groups excluding carboxylic acids is 3. The van der Waals surface area contributed by atoms with E-state index in [1.54, 1.807) is 14.1 Å². The lowest BCUT2D eigenvalue weighted by atomic mass is 10.1. The molecule has 0 aliphatic rings. The number of pyridine rings is 1. The molecular formula is C25H26F2N6O7. The van der Waals surface area contributed by atoms with Crippen LogP contribution < -0.4 is 16.2 Å². The average Bonchev–Trinajstić information content (AvgIpc) is 3.24. The molecule has 0 saturated heterocycles. The summed E-state index contributed by atoms with van der Waals surface area (Å²) < 4.78 is 33.6. The summed E-state index contributed by atoms with van der Waals surface area (Å²) in [5, 5.41) is 14.4. The smallest absolute Gasteiger partial charge is 0.417 e. The topological polar surface area (TPSA) is 165 Å². The molecule has 0 fully saturated rings. The summed E-state index contributed by atoms with van der Waals surface area (Å²) in [6, 6.07) is 3.00. The number of carboxylic acid groups (broad SMARTS) is 1. The number of imidazole rings is 1. The van der Waals surface area contributed by atoms with Crippen molar-refractivity contribution in [3.05, 3.63) is 70.4 Å². The van der Waals surface area contributed by atoms with Crippen molar-refractivity contribution in [1.82, 2.24) is 24.3 Å². The van der Waals surface area contributed by atoms with Crippen LogP contribution in [0, 0.1) is 11.6 Å². The van der Waals surface area contributed by atoms with E-state index in [0.29, 0.717) is 10.6 Å². The average molecular weight is 561 g/mol. The summed E-state index contributed by atoms with van der Waals surface area (Å²) in [7, 11) is 4.26. The van der Waals surface area contributed by atoms with Gasteiger partial charge in [0.25, 0.3) is 5.56 Å². The quantitative estimate of drug-likeness (QED) is 0.335. The fraction of sp³-hybridized carbons (Fsp3) is 0.280. The highest BCUT2D eigenvalue weighted by molar-refractivity contribution is 5.96. The normalized spacial score (nSPS) is 11.8. The molecule has 40 heavy (non-hydrogen) atoms. The van der Waals surface area contributed by atoms with Crippen LogP contribution in [-0.4, -0.2) is 75.4 Å². The minimum Gasteiger partial charge on any atom is -0.464 e. The molecule has 0 saturated carbocycles. The van der Waals surface area contributed by atoms with E-state index in [0.717, 1.165) is 17.7 Å². The van der Waals surface area contributed by atoms with E-state index in [1.165, 1.54) is 35.4 Å². The highest BCUT2D eigenvalue weighted by Crippen LogP contribution is 2.20. The number of carbonyl (C=O) groups is 4. The SMILES string of the molecule is COC(=O)NC(CC/C=C/C(=O)N(C)C)C(=O)Nc1cccn(Cc2nc3cc(F)c(F)cc3n2C(=O)O)c1=O. The van der Waals surface area contributed by atoms with Crippen LogP contribution in [0.4, 0.5) is 24.1 Å². The predicted molar refractivity (Wildman–Crippen MR) is 138 cm³/mol. The molecule has 3 amide bonds. The maximum absolute atomic E-state index is 13.7. The minimum absolute atomic E-state index is 0.0644.